The fourth-order valence-electron chi connectivity index (χ4n) is 0.490. The Morgan fingerprint density at radius 1 is 1.30 bits per heavy atom. The molecule has 0 aromatic heterocycles. The van der Waals surface area contributed by atoms with Gasteiger partial charge in [-0.2, -0.15) is 0 Å². The Bertz CT molecular complexity index is 151. The van der Waals surface area contributed by atoms with E-state index in [1.54, 1.807) is 0 Å². The van der Waals surface area contributed by atoms with Crippen LogP contribution in [0.5, 0.6) is 0 Å². The van der Waals surface area contributed by atoms with Crippen LogP contribution in [0, 0.1) is 5.92 Å². The maximum Gasteiger partial charge on any atom is -0.0208 e. The predicted octanol–water partition coefficient (Wildman–Crippen LogP) is 3.31. The molecule has 0 aliphatic carbocycles. The zero-order valence-corrected chi connectivity index (χ0v) is 7.15. The molecule has 0 saturated carbocycles. The number of hydrogen-bond acceptors (Lipinski definition) is 0. The van der Waals surface area contributed by atoms with Crippen LogP contribution < -0.4 is 0 Å². The highest BCUT2D eigenvalue weighted by molar-refractivity contribution is 4.87. The van der Waals surface area contributed by atoms with Crippen molar-refractivity contribution < 1.29 is 0 Å². The summed E-state index contributed by atoms with van der Waals surface area (Å²) < 4.78 is 0. The lowest BCUT2D eigenvalue weighted by Crippen LogP contribution is -1.72. The van der Waals surface area contributed by atoms with E-state index in [2.05, 4.69) is 32.2 Å². The van der Waals surface area contributed by atoms with Crippen LogP contribution in [0.15, 0.2) is 23.6 Å². The highest BCUT2D eigenvalue weighted by Crippen LogP contribution is 1.90. The Morgan fingerprint density at radius 3 is 2.50 bits per heavy atom. The monoisotopic (exact) mass is 136 g/mol. The van der Waals surface area contributed by atoms with Crippen LogP contribution >= 0.6 is 0 Å². The van der Waals surface area contributed by atoms with E-state index in [0.717, 1.165) is 6.42 Å². The van der Waals surface area contributed by atoms with Crippen LogP contribution in [0.2, 0.25) is 0 Å². The molecule has 0 saturated heterocycles. The molecule has 0 fully saturated rings. The molecule has 0 N–H and O–H groups in total. The third-order valence-electron chi connectivity index (χ3n) is 1.04. The van der Waals surface area contributed by atoms with Gasteiger partial charge in [0.25, 0.3) is 0 Å². The lowest BCUT2D eigenvalue weighted by Gasteiger charge is -1.84. The molecule has 0 nitrogen and oxygen atoms in total. The first-order valence-electron chi connectivity index (χ1n) is 3.93. The summed E-state index contributed by atoms with van der Waals surface area (Å²) in [7, 11) is 0. The topological polar surface area (TPSA) is 0 Å². The zero-order chi connectivity index (χ0) is 7.82. The standard InChI is InChI=1S/C10H16/c1-4-5-6-7-8-9-10(2)3/h6,9-10H,4-5H2,1-3H3. The number of allylic oxidation sites excluding steroid dienone is 2. The van der Waals surface area contributed by atoms with Crippen LogP contribution in [0.25, 0.3) is 0 Å². The first kappa shape index (κ1) is 9.30. The third-order valence-corrected chi connectivity index (χ3v) is 1.04. The molecule has 0 bridgehead atoms. The molecule has 56 valence electrons. The Hall–Kier alpha value is -0.700. The van der Waals surface area contributed by atoms with E-state index >= 15 is 0 Å². The normalized spacial score (nSPS) is 8.40. The minimum atomic E-state index is 0.586. The van der Waals surface area contributed by atoms with Gasteiger partial charge in [-0.3, -0.25) is 0 Å². The average molecular weight is 136 g/mol. The summed E-state index contributed by atoms with van der Waals surface area (Å²) in [5.41, 5.74) is 5.98. The fourth-order valence-corrected chi connectivity index (χ4v) is 0.490. The summed E-state index contributed by atoms with van der Waals surface area (Å²) in [4.78, 5) is 0. The van der Waals surface area contributed by atoms with Gasteiger partial charge in [-0.15, -0.1) is 0 Å². The van der Waals surface area contributed by atoms with E-state index in [1.807, 2.05) is 12.2 Å². The van der Waals surface area contributed by atoms with Gasteiger partial charge in [0, 0.05) is 0 Å². The predicted molar refractivity (Wildman–Crippen MR) is 45.9 cm³/mol. The van der Waals surface area contributed by atoms with Crippen molar-refractivity contribution in [2.24, 2.45) is 5.92 Å². The minimum absolute atomic E-state index is 0.586. The maximum atomic E-state index is 2.99. The third kappa shape index (κ3) is 7.30. The molecular formula is C10H16. The highest BCUT2D eigenvalue weighted by atomic mass is 13.8. The van der Waals surface area contributed by atoms with Gasteiger partial charge in [0.1, 0.15) is 0 Å². The molecule has 0 amide bonds. The van der Waals surface area contributed by atoms with Gasteiger partial charge in [0.05, 0.1) is 0 Å². The van der Waals surface area contributed by atoms with Crippen LogP contribution in [0.4, 0.5) is 0 Å². The summed E-state index contributed by atoms with van der Waals surface area (Å²) in [5, 5.41) is 0. The quantitative estimate of drug-likeness (QED) is 0.522. The summed E-state index contributed by atoms with van der Waals surface area (Å²) in [6.07, 6.45) is 6.35. The molecule has 0 aromatic rings. The van der Waals surface area contributed by atoms with Gasteiger partial charge in [-0.25, -0.2) is 0 Å². The summed E-state index contributed by atoms with van der Waals surface area (Å²) in [5.74, 6) is 0.586. The van der Waals surface area contributed by atoms with Crippen molar-refractivity contribution in [3.05, 3.63) is 23.6 Å². The second kappa shape index (κ2) is 6.42. The average Bonchev–Trinajstić information content (AvgIpc) is 1.87. The van der Waals surface area contributed by atoms with E-state index in [-0.39, 0.29) is 0 Å². The van der Waals surface area contributed by atoms with E-state index in [0.29, 0.717) is 5.92 Å². The van der Waals surface area contributed by atoms with E-state index in [9.17, 15) is 0 Å². The van der Waals surface area contributed by atoms with Crippen LogP contribution in [0.1, 0.15) is 33.6 Å². The lowest BCUT2D eigenvalue weighted by molar-refractivity contribution is 0.833. The minimum Gasteiger partial charge on any atom is -0.0750 e. The van der Waals surface area contributed by atoms with E-state index < -0.39 is 0 Å². The summed E-state index contributed by atoms with van der Waals surface area (Å²) >= 11 is 0. The van der Waals surface area contributed by atoms with Crippen molar-refractivity contribution in [2.45, 2.75) is 33.6 Å². The molecule has 0 radical (unpaired) electrons. The Kier molecular flexibility index (Phi) is 5.97. The molecular weight excluding hydrogens is 120 g/mol. The molecule has 0 atom stereocenters. The molecule has 0 aliphatic rings. The summed E-state index contributed by atoms with van der Waals surface area (Å²) in [6.45, 7) is 6.42. The molecule has 0 heterocycles. The second-order valence-electron chi connectivity index (χ2n) is 2.69. The van der Waals surface area contributed by atoms with Gasteiger partial charge >= 0.3 is 0 Å². The van der Waals surface area contributed by atoms with Crippen molar-refractivity contribution in [1.82, 2.24) is 0 Å². The molecule has 10 heavy (non-hydrogen) atoms. The van der Waals surface area contributed by atoms with Crippen LogP contribution in [0.3, 0.4) is 0 Å². The highest BCUT2D eigenvalue weighted by Gasteiger charge is 1.77. The molecule has 0 spiro atoms. The molecule has 0 rings (SSSR count). The van der Waals surface area contributed by atoms with Gasteiger partial charge in [-0.1, -0.05) is 38.7 Å². The zero-order valence-electron chi connectivity index (χ0n) is 7.15. The molecule has 0 aliphatic heterocycles. The number of rotatable bonds is 3. The molecule has 0 unspecified atom stereocenters. The maximum absolute atomic E-state index is 2.99. The molecule has 0 heteroatoms. The fraction of sp³-hybridized carbons (Fsp3) is 0.600. The largest absolute Gasteiger partial charge is 0.0750 e. The van der Waals surface area contributed by atoms with Gasteiger partial charge in [0.2, 0.25) is 0 Å². The van der Waals surface area contributed by atoms with Crippen LogP contribution in [-0.2, 0) is 0 Å². The Morgan fingerprint density at radius 2 is 2.00 bits per heavy atom. The number of hydrogen-bond donors (Lipinski definition) is 0. The van der Waals surface area contributed by atoms with Crippen molar-refractivity contribution in [3.8, 4) is 0 Å². The summed E-state index contributed by atoms with van der Waals surface area (Å²) in [6, 6.07) is 0. The van der Waals surface area contributed by atoms with Crippen LogP contribution in [-0.4, -0.2) is 0 Å². The molecule has 0 aromatic carbocycles. The van der Waals surface area contributed by atoms with Crippen molar-refractivity contribution >= 4 is 0 Å². The van der Waals surface area contributed by atoms with E-state index in [1.165, 1.54) is 6.42 Å². The van der Waals surface area contributed by atoms with E-state index in [4.69, 9.17) is 0 Å². The lowest BCUT2D eigenvalue weighted by atomic mass is 10.2. The van der Waals surface area contributed by atoms with Gasteiger partial charge in [0.15, 0.2) is 0 Å². The van der Waals surface area contributed by atoms with Gasteiger partial charge in [-0.05, 0) is 24.5 Å². The van der Waals surface area contributed by atoms with Crippen molar-refractivity contribution in [3.63, 3.8) is 0 Å². The first-order valence-corrected chi connectivity index (χ1v) is 3.93. The second-order valence-corrected chi connectivity index (χ2v) is 2.69. The van der Waals surface area contributed by atoms with Crippen molar-refractivity contribution in [2.75, 3.05) is 0 Å². The van der Waals surface area contributed by atoms with Crippen molar-refractivity contribution in [1.29, 1.82) is 0 Å². The number of unbranched alkanes of at least 4 members (excludes halogenated alkanes) is 1. The van der Waals surface area contributed by atoms with Gasteiger partial charge < -0.3 is 0 Å². The Balaban J connectivity index is 3.72. The smallest absolute Gasteiger partial charge is 0.0208 e. The first-order chi connectivity index (χ1) is 4.77. The SMILES string of the molecule is CCCC=C=C=CC(C)C. The Labute approximate surface area is 64.0 Å².